The van der Waals surface area contributed by atoms with Gasteiger partial charge in [0.15, 0.2) is 11.5 Å². The minimum absolute atomic E-state index is 0.0779. The topological polar surface area (TPSA) is 92.0 Å². The molecular weight excluding hydrogens is 417 g/mol. The van der Waals surface area contributed by atoms with Crippen molar-refractivity contribution < 1.29 is 44.5 Å². The van der Waals surface area contributed by atoms with Crippen molar-refractivity contribution >= 4 is 32.8 Å². The summed E-state index contributed by atoms with van der Waals surface area (Å²) in [5, 5.41) is 0.468. The van der Waals surface area contributed by atoms with Gasteiger partial charge in [-0.15, -0.1) is 0 Å². The molecule has 7 nitrogen and oxygen atoms in total. The Morgan fingerprint density at radius 3 is 2.48 bits per heavy atom. The standard InChI is InChI=1S/C18H15F3O7S/c1-9-6-10(2)17(25-11(3)22)27-16(9)15-7-12-4-5-13(8-14(12)26-15)28-29(23,24)18(19,20)21/h4-8,17H,1-3H3. The molecule has 0 saturated carbocycles. The SMILES string of the molecule is CC(=O)OC1OC(c2cc3ccc(OS(=O)(=O)C(F)(F)F)cc3o2)=C(C)C=C1C. The van der Waals surface area contributed by atoms with Crippen LogP contribution in [0.15, 0.2) is 45.9 Å². The quantitative estimate of drug-likeness (QED) is 0.405. The van der Waals surface area contributed by atoms with E-state index in [1.807, 2.05) is 0 Å². The summed E-state index contributed by atoms with van der Waals surface area (Å²) < 4.78 is 80.2. The molecular formula is C18H15F3O7S. The Morgan fingerprint density at radius 1 is 1.17 bits per heavy atom. The number of esters is 1. The van der Waals surface area contributed by atoms with Crippen LogP contribution in [0.1, 0.15) is 26.5 Å². The van der Waals surface area contributed by atoms with E-state index in [0.717, 1.165) is 12.1 Å². The fraction of sp³-hybridized carbons (Fsp3) is 0.278. The molecule has 11 heteroatoms. The number of hydrogen-bond donors (Lipinski definition) is 0. The number of hydrogen-bond acceptors (Lipinski definition) is 7. The van der Waals surface area contributed by atoms with E-state index in [2.05, 4.69) is 4.18 Å². The van der Waals surface area contributed by atoms with E-state index >= 15 is 0 Å². The molecule has 0 fully saturated rings. The van der Waals surface area contributed by atoms with Gasteiger partial charge in [0, 0.05) is 23.9 Å². The third-order valence-electron chi connectivity index (χ3n) is 3.88. The molecule has 0 amide bonds. The molecule has 0 bridgehead atoms. The maximum absolute atomic E-state index is 12.5. The Bertz CT molecular complexity index is 1140. The molecule has 0 radical (unpaired) electrons. The average Bonchev–Trinajstić information content (AvgIpc) is 2.98. The minimum atomic E-state index is -5.80. The van der Waals surface area contributed by atoms with E-state index < -0.39 is 33.6 Å². The van der Waals surface area contributed by atoms with Crippen LogP contribution in [-0.2, 0) is 24.4 Å². The van der Waals surface area contributed by atoms with E-state index in [4.69, 9.17) is 13.9 Å². The highest BCUT2D eigenvalue weighted by molar-refractivity contribution is 7.88. The van der Waals surface area contributed by atoms with Crippen LogP contribution in [0.4, 0.5) is 13.2 Å². The molecule has 2 aromatic rings. The lowest BCUT2D eigenvalue weighted by Gasteiger charge is -2.25. The van der Waals surface area contributed by atoms with Crippen LogP contribution in [-0.4, -0.2) is 26.2 Å². The molecule has 1 aromatic carbocycles. The van der Waals surface area contributed by atoms with Gasteiger partial charge in [-0.3, -0.25) is 4.79 Å². The second-order valence-corrected chi connectivity index (χ2v) is 7.79. The van der Waals surface area contributed by atoms with Crippen molar-refractivity contribution in [3.05, 3.63) is 47.2 Å². The lowest BCUT2D eigenvalue weighted by Crippen LogP contribution is -2.27. The molecule has 0 spiro atoms. The zero-order chi connectivity index (χ0) is 21.6. The van der Waals surface area contributed by atoms with Gasteiger partial charge in [-0.25, -0.2) is 0 Å². The monoisotopic (exact) mass is 432 g/mol. The number of allylic oxidation sites excluding steroid dienone is 2. The van der Waals surface area contributed by atoms with Crippen molar-refractivity contribution in [3.63, 3.8) is 0 Å². The first-order chi connectivity index (χ1) is 13.4. The lowest BCUT2D eigenvalue weighted by molar-refractivity contribution is -0.159. The van der Waals surface area contributed by atoms with Crippen LogP contribution >= 0.6 is 0 Å². The fourth-order valence-corrected chi connectivity index (χ4v) is 3.09. The second kappa shape index (κ2) is 7.14. The van der Waals surface area contributed by atoms with Crippen molar-refractivity contribution in [2.45, 2.75) is 32.6 Å². The first kappa shape index (κ1) is 20.8. The van der Waals surface area contributed by atoms with E-state index in [1.54, 1.807) is 26.0 Å². The Labute approximate surface area is 163 Å². The number of fused-ring (bicyclic) bond motifs is 1. The number of carbonyl (C=O) groups is 1. The number of halogens is 3. The van der Waals surface area contributed by atoms with Gasteiger partial charge in [0.1, 0.15) is 11.3 Å². The van der Waals surface area contributed by atoms with Crippen molar-refractivity contribution in [2.24, 2.45) is 0 Å². The van der Waals surface area contributed by atoms with Gasteiger partial charge in [-0.1, -0.05) is 0 Å². The zero-order valence-corrected chi connectivity index (χ0v) is 16.2. The van der Waals surface area contributed by atoms with Crippen LogP contribution in [0.5, 0.6) is 5.75 Å². The molecule has 0 N–H and O–H groups in total. The Morgan fingerprint density at radius 2 is 1.86 bits per heavy atom. The average molecular weight is 432 g/mol. The zero-order valence-electron chi connectivity index (χ0n) is 15.4. The molecule has 1 aliphatic rings. The highest BCUT2D eigenvalue weighted by atomic mass is 32.2. The van der Waals surface area contributed by atoms with Gasteiger partial charge in [0.05, 0.1) is 0 Å². The molecule has 1 unspecified atom stereocenters. The van der Waals surface area contributed by atoms with Crippen LogP contribution in [0.2, 0.25) is 0 Å². The summed E-state index contributed by atoms with van der Waals surface area (Å²) in [6, 6.07) is 4.98. The van der Waals surface area contributed by atoms with Crippen LogP contribution in [0.3, 0.4) is 0 Å². The van der Waals surface area contributed by atoms with Gasteiger partial charge < -0.3 is 18.1 Å². The Hall–Kier alpha value is -2.95. The number of rotatable bonds is 4. The number of ether oxygens (including phenoxy) is 2. The van der Waals surface area contributed by atoms with Gasteiger partial charge >= 0.3 is 21.6 Å². The van der Waals surface area contributed by atoms with Gasteiger partial charge in [0.2, 0.25) is 0 Å². The molecule has 1 atom stereocenters. The van der Waals surface area contributed by atoms with Crippen LogP contribution < -0.4 is 4.18 Å². The van der Waals surface area contributed by atoms with Gasteiger partial charge in [-0.2, -0.15) is 21.6 Å². The summed E-state index contributed by atoms with van der Waals surface area (Å²) in [6.07, 6.45) is 0.791. The summed E-state index contributed by atoms with van der Waals surface area (Å²) >= 11 is 0. The fourth-order valence-electron chi connectivity index (χ4n) is 2.64. The second-order valence-electron chi connectivity index (χ2n) is 6.25. The maximum atomic E-state index is 12.5. The van der Waals surface area contributed by atoms with Crippen molar-refractivity contribution in [1.82, 2.24) is 0 Å². The van der Waals surface area contributed by atoms with Crippen molar-refractivity contribution in [3.8, 4) is 5.75 Å². The predicted octanol–water partition coefficient (Wildman–Crippen LogP) is 4.26. The molecule has 0 aliphatic carbocycles. The molecule has 2 heterocycles. The minimum Gasteiger partial charge on any atom is -0.453 e. The first-order valence-corrected chi connectivity index (χ1v) is 9.56. The molecule has 0 saturated heterocycles. The van der Waals surface area contributed by atoms with E-state index in [0.29, 0.717) is 16.5 Å². The van der Waals surface area contributed by atoms with Crippen LogP contribution in [0.25, 0.3) is 16.7 Å². The third kappa shape index (κ3) is 4.24. The van der Waals surface area contributed by atoms with Crippen molar-refractivity contribution in [1.29, 1.82) is 0 Å². The van der Waals surface area contributed by atoms with Gasteiger partial charge in [0.25, 0.3) is 6.29 Å². The van der Waals surface area contributed by atoms with E-state index in [-0.39, 0.29) is 17.1 Å². The van der Waals surface area contributed by atoms with E-state index in [9.17, 15) is 26.4 Å². The molecule has 1 aliphatic heterocycles. The Kier molecular flexibility index (Phi) is 5.11. The van der Waals surface area contributed by atoms with Gasteiger partial charge in [-0.05, 0) is 43.7 Å². The summed E-state index contributed by atoms with van der Waals surface area (Å²) in [5.41, 5.74) is -4.15. The summed E-state index contributed by atoms with van der Waals surface area (Å²) in [7, 11) is -5.80. The highest BCUT2D eigenvalue weighted by Gasteiger charge is 2.48. The largest absolute Gasteiger partial charge is 0.534 e. The number of alkyl halides is 3. The molecule has 1 aromatic heterocycles. The maximum Gasteiger partial charge on any atom is 0.534 e. The van der Waals surface area contributed by atoms with E-state index in [1.165, 1.54) is 13.0 Å². The smallest absolute Gasteiger partial charge is 0.453 e. The summed E-state index contributed by atoms with van der Waals surface area (Å²) in [4.78, 5) is 11.2. The first-order valence-electron chi connectivity index (χ1n) is 8.15. The molecule has 156 valence electrons. The molecule has 29 heavy (non-hydrogen) atoms. The molecule has 3 rings (SSSR count). The van der Waals surface area contributed by atoms with Crippen LogP contribution in [0, 0.1) is 0 Å². The number of furan rings is 1. The number of carbonyl (C=O) groups excluding carboxylic acids is 1. The predicted molar refractivity (Wildman–Crippen MR) is 94.8 cm³/mol. The van der Waals surface area contributed by atoms with Crippen molar-refractivity contribution in [2.75, 3.05) is 0 Å². The normalized spacial score (nSPS) is 17.7. The number of benzene rings is 1. The summed E-state index contributed by atoms with van der Waals surface area (Å²) in [6.45, 7) is 4.69. The Balaban J connectivity index is 1.94. The lowest BCUT2D eigenvalue weighted by atomic mass is 10.1. The third-order valence-corrected chi connectivity index (χ3v) is 4.86. The highest BCUT2D eigenvalue weighted by Crippen LogP contribution is 2.35. The summed E-state index contributed by atoms with van der Waals surface area (Å²) in [5.74, 6) is -0.615.